The van der Waals surface area contributed by atoms with Crippen molar-refractivity contribution < 1.29 is 9.90 Å². The molecular formula is C13H14N2O3S. The van der Waals surface area contributed by atoms with Gasteiger partial charge < -0.3 is 5.11 Å². The molecule has 0 unspecified atom stereocenters. The molecule has 2 heterocycles. The Hall–Kier alpha value is -1.95. The number of carboxylic acids is 1. The van der Waals surface area contributed by atoms with Gasteiger partial charge in [0, 0.05) is 17.0 Å². The second-order valence-electron chi connectivity index (χ2n) is 4.36. The standard InChI is InChI=1S/C13H14N2O3S/c1-7(13(17)18)4-5-15-6-14-11-10(12(15)16)8(2)9(3)19-11/h4,6H,5H2,1-3H3,(H,17,18). The van der Waals surface area contributed by atoms with Gasteiger partial charge in [-0.3, -0.25) is 9.36 Å². The van der Waals surface area contributed by atoms with Crippen LogP contribution in [0.1, 0.15) is 17.4 Å². The number of aliphatic carboxylic acids is 1. The number of aromatic nitrogens is 2. The van der Waals surface area contributed by atoms with Crippen molar-refractivity contribution in [1.82, 2.24) is 9.55 Å². The van der Waals surface area contributed by atoms with Gasteiger partial charge in [-0.25, -0.2) is 9.78 Å². The van der Waals surface area contributed by atoms with Gasteiger partial charge in [0.05, 0.1) is 11.7 Å². The van der Waals surface area contributed by atoms with Crippen LogP contribution >= 0.6 is 11.3 Å². The highest BCUT2D eigenvalue weighted by atomic mass is 32.1. The lowest BCUT2D eigenvalue weighted by atomic mass is 10.2. The minimum Gasteiger partial charge on any atom is -0.478 e. The lowest BCUT2D eigenvalue weighted by molar-refractivity contribution is -0.132. The lowest BCUT2D eigenvalue weighted by Crippen LogP contribution is -2.20. The Morgan fingerprint density at radius 2 is 2.21 bits per heavy atom. The SMILES string of the molecule is CC(=CCn1cnc2sc(C)c(C)c2c1=O)C(=O)O. The van der Waals surface area contributed by atoms with E-state index in [1.165, 1.54) is 35.2 Å². The normalized spacial score (nSPS) is 12.1. The van der Waals surface area contributed by atoms with Crippen LogP contribution < -0.4 is 5.56 Å². The van der Waals surface area contributed by atoms with Crippen LogP contribution in [0.3, 0.4) is 0 Å². The molecule has 0 spiro atoms. The topological polar surface area (TPSA) is 72.2 Å². The quantitative estimate of drug-likeness (QED) is 0.873. The molecule has 0 atom stereocenters. The Bertz CT molecular complexity index is 740. The number of hydrogen-bond acceptors (Lipinski definition) is 4. The van der Waals surface area contributed by atoms with E-state index in [1.807, 2.05) is 13.8 Å². The summed E-state index contributed by atoms with van der Waals surface area (Å²) in [6.07, 6.45) is 2.97. The number of fused-ring (bicyclic) bond motifs is 1. The van der Waals surface area contributed by atoms with Crippen molar-refractivity contribution >= 4 is 27.5 Å². The Kier molecular flexibility index (Phi) is 3.53. The van der Waals surface area contributed by atoms with Crippen molar-refractivity contribution in [3.8, 4) is 0 Å². The predicted molar refractivity (Wildman–Crippen MR) is 74.7 cm³/mol. The fourth-order valence-electron chi connectivity index (χ4n) is 1.72. The first-order valence-electron chi connectivity index (χ1n) is 5.77. The van der Waals surface area contributed by atoms with Crippen LogP contribution in [0.2, 0.25) is 0 Å². The number of thiophene rings is 1. The largest absolute Gasteiger partial charge is 0.478 e. The Morgan fingerprint density at radius 3 is 2.84 bits per heavy atom. The highest BCUT2D eigenvalue weighted by molar-refractivity contribution is 7.18. The molecule has 5 nitrogen and oxygen atoms in total. The van der Waals surface area contributed by atoms with Crippen LogP contribution in [-0.2, 0) is 11.3 Å². The lowest BCUT2D eigenvalue weighted by Gasteiger charge is -2.02. The molecule has 0 aliphatic rings. The summed E-state index contributed by atoms with van der Waals surface area (Å²) in [5.74, 6) is -0.982. The number of allylic oxidation sites excluding steroid dienone is 1. The predicted octanol–water partition coefficient (Wildman–Crippen LogP) is 2.11. The number of carboxylic acid groups (broad SMARTS) is 1. The van der Waals surface area contributed by atoms with E-state index >= 15 is 0 Å². The molecule has 1 N–H and O–H groups in total. The summed E-state index contributed by atoms with van der Waals surface area (Å²) in [4.78, 5) is 29.1. The second kappa shape index (κ2) is 4.97. The van der Waals surface area contributed by atoms with Crippen LogP contribution in [0.5, 0.6) is 0 Å². The van der Waals surface area contributed by atoms with Gasteiger partial charge in [0.2, 0.25) is 0 Å². The van der Waals surface area contributed by atoms with Gasteiger partial charge in [0.1, 0.15) is 4.83 Å². The summed E-state index contributed by atoms with van der Waals surface area (Å²) in [5, 5.41) is 9.41. The Labute approximate surface area is 113 Å². The average Bonchev–Trinajstić information content (AvgIpc) is 2.64. The van der Waals surface area contributed by atoms with Crippen molar-refractivity contribution in [2.24, 2.45) is 0 Å². The van der Waals surface area contributed by atoms with Crippen molar-refractivity contribution in [1.29, 1.82) is 0 Å². The zero-order valence-corrected chi connectivity index (χ0v) is 11.7. The summed E-state index contributed by atoms with van der Waals surface area (Å²) in [7, 11) is 0. The van der Waals surface area contributed by atoms with Gasteiger partial charge in [-0.05, 0) is 26.3 Å². The van der Waals surface area contributed by atoms with E-state index in [1.54, 1.807) is 0 Å². The molecule has 2 aromatic rings. The highest BCUT2D eigenvalue weighted by Crippen LogP contribution is 2.25. The molecule has 2 aromatic heterocycles. The maximum absolute atomic E-state index is 12.3. The van der Waals surface area contributed by atoms with Crippen molar-refractivity contribution in [3.63, 3.8) is 0 Å². The molecule has 0 bridgehead atoms. The molecule has 0 aliphatic heterocycles. The van der Waals surface area contributed by atoms with Crippen molar-refractivity contribution in [3.05, 3.63) is 38.8 Å². The molecule has 6 heteroatoms. The van der Waals surface area contributed by atoms with Gasteiger partial charge in [0.15, 0.2) is 0 Å². The van der Waals surface area contributed by atoms with E-state index < -0.39 is 5.97 Å². The second-order valence-corrected chi connectivity index (χ2v) is 5.56. The summed E-state index contributed by atoms with van der Waals surface area (Å²) in [6, 6.07) is 0. The Morgan fingerprint density at radius 1 is 1.53 bits per heavy atom. The molecule has 2 rings (SSSR count). The van der Waals surface area contributed by atoms with E-state index in [0.29, 0.717) is 5.39 Å². The summed E-state index contributed by atoms with van der Waals surface area (Å²) in [5.41, 5.74) is 1.04. The molecule has 0 amide bonds. The first-order chi connectivity index (χ1) is 8.91. The smallest absolute Gasteiger partial charge is 0.331 e. The van der Waals surface area contributed by atoms with E-state index in [4.69, 9.17) is 5.11 Å². The zero-order chi connectivity index (χ0) is 14.2. The van der Waals surface area contributed by atoms with E-state index in [-0.39, 0.29) is 17.7 Å². The van der Waals surface area contributed by atoms with E-state index in [9.17, 15) is 9.59 Å². The van der Waals surface area contributed by atoms with Crippen molar-refractivity contribution in [2.45, 2.75) is 27.3 Å². The number of nitrogens with zero attached hydrogens (tertiary/aromatic N) is 2. The van der Waals surface area contributed by atoms with Gasteiger partial charge in [-0.2, -0.15) is 0 Å². The maximum atomic E-state index is 12.3. The van der Waals surface area contributed by atoms with Crippen LogP contribution in [0.15, 0.2) is 22.8 Å². The molecule has 0 aromatic carbocycles. The van der Waals surface area contributed by atoms with Gasteiger partial charge in [0.25, 0.3) is 5.56 Å². The molecule has 0 radical (unpaired) electrons. The fourth-order valence-corrected chi connectivity index (χ4v) is 2.71. The van der Waals surface area contributed by atoms with E-state index in [2.05, 4.69) is 4.98 Å². The third-order valence-electron chi connectivity index (χ3n) is 3.09. The number of aryl methyl sites for hydroxylation is 2. The highest BCUT2D eigenvalue weighted by Gasteiger charge is 2.11. The monoisotopic (exact) mass is 278 g/mol. The average molecular weight is 278 g/mol. The summed E-state index contributed by atoms with van der Waals surface area (Å²) < 4.78 is 1.42. The Balaban J connectivity index is 2.49. The van der Waals surface area contributed by atoms with Gasteiger partial charge >= 0.3 is 5.97 Å². The molecule has 19 heavy (non-hydrogen) atoms. The van der Waals surface area contributed by atoms with Crippen LogP contribution in [0.25, 0.3) is 10.2 Å². The van der Waals surface area contributed by atoms with Crippen LogP contribution in [0.4, 0.5) is 0 Å². The molecule has 0 fully saturated rings. The minimum atomic E-state index is -0.982. The van der Waals surface area contributed by atoms with Crippen LogP contribution in [-0.4, -0.2) is 20.6 Å². The third kappa shape index (κ3) is 2.44. The summed E-state index contributed by atoms with van der Waals surface area (Å²) >= 11 is 1.50. The number of rotatable bonds is 3. The molecule has 0 saturated carbocycles. The number of hydrogen-bond donors (Lipinski definition) is 1. The fraction of sp³-hybridized carbons (Fsp3) is 0.308. The zero-order valence-electron chi connectivity index (χ0n) is 10.9. The van der Waals surface area contributed by atoms with Crippen LogP contribution in [0, 0.1) is 13.8 Å². The van der Waals surface area contributed by atoms with E-state index in [0.717, 1.165) is 15.3 Å². The molecule has 100 valence electrons. The summed E-state index contributed by atoms with van der Waals surface area (Å²) in [6.45, 7) is 5.58. The molecular weight excluding hydrogens is 264 g/mol. The van der Waals surface area contributed by atoms with Gasteiger partial charge in [-0.1, -0.05) is 6.08 Å². The number of carbonyl (C=O) groups is 1. The third-order valence-corrected chi connectivity index (χ3v) is 4.20. The maximum Gasteiger partial charge on any atom is 0.331 e. The molecule has 0 aliphatic carbocycles. The van der Waals surface area contributed by atoms with Crippen molar-refractivity contribution in [2.75, 3.05) is 0 Å². The first kappa shape index (κ1) is 13.5. The first-order valence-corrected chi connectivity index (χ1v) is 6.58. The minimum absolute atomic E-state index is 0.124. The molecule has 0 saturated heterocycles. The van der Waals surface area contributed by atoms with Gasteiger partial charge in [-0.15, -0.1) is 11.3 Å².